The predicted octanol–water partition coefficient (Wildman–Crippen LogP) is 1.34. The molecule has 0 bridgehead atoms. The van der Waals surface area contributed by atoms with Gasteiger partial charge in [-0.05, 0) is 26.0 Å². The Hall–Kier alpha value is -1.55. The fourth-order valence-corrected chi connectivity index (χ4v) is 1.46. The predicted molar refractivity (Wildman–Crippen MR) is 64.4 cm³/mol. The molecule has 3 N–H and O–H groups in total. The molecule has 0 aliphatic rings. The molecule has 0 fully saturated rings. The highest BCUT2D eigenvalue weighted by molar-refractivity contribution is 5.99. The van der Waals surface area contributed by atoms with Gasteiger partial charge < -0.3 is 15.8 Å². The first-order valence-electron chi connectivity index (χ1n) is 5.20. The van der Waals surface area contributed by atoms with Crippen molar-refractivity contribution in [3.05, 3.63) is 29.3 Å². The molecule has 0 saturated heterocycles. The number of nitrogens with one attached hydrogen (secondary N) is 1. The molecular formula is C12H18N2O2. The molecule has 0 saturated carbocycles. The third-order valence-corrected chi connectivity index (χ3v) is 2.25. The zero-order valence-electron chi connectivity index (χ0n) is 9.91. The quantitative estimate of drug-likeness (QED) is 0.756. The number of carbonyl (C=O) groups is 1. The summed E-state index contributed by atoms with van der Waals surface area (Å²) in [5.74, 6) is -0.161. The zero-order valence-corrected chi connectivity index (χ0v) is 9.91. The molecule has 0 aliphatic carbocycles. The van der Waals surface area contributed by atoms with Crippen LogP contribution in [0.3, 0.4) is 0 Å². The van der Waals surface area contributed by atoms with E-state index < -0.39 is 0 Å². The summed E-state index contributed by atoms with van der Waals surface area (Å²) >= 11 is 0. The standard InChI is InChI=1S/C12H18N2O2/c1-8-4-5-11(13)10(6-8)12(15)14-9(2)7-16-3/h4-6,9H,7,13H2,1-3H3,(H,14,15). The summed E-state index contributed by atoms with van der Waals surface area (Å²) in [6, 6.07) is 5.37. The fourth-order valence-electron chi connectivity index (χ4n) is 1.46. The smallest absolute Gasteiger partial charge is 0.253 e. The van der Waals surface area contributed by atoms with Crippen molar-refractivity contribution in [2.24, 2.45) is 0 Å². The van der Waals surface area contributed by atoms with Crippen molar-refractivity contribution < 1.29 is 9.53 Å². The van der Waals surface area contributed by atoms with E-state index in [-0.39, 0.29) is 11.9 Å². The number of benzene rings is 1. The van der Waals surface area contributed by atoms with Crippen LogP contribution < -0.4 is 11.1 Å². The third kappa shape index (κ3) is 3.24. The molecule has 0 spiro atoms. The molecule has 4 nitrogen and oxygen atoms in total. The molecule has 1 unspecified atom stereocenters. The molecule has 0 heterocycles. The number of nitrogen functional groups attached to an aromatic ring is 1. The second kappa shape index (κ2) is 5.51. The fraction of sp³-hybridized carbons (Fsp3) is 0.417. The lowest BCUT2D eigenvalue weighted by Gasteiger charge is -2.14. The van der Waals surface area contributed by atoms with Gasteiger partial charge in [-0.25, -0.2) is 0 Å². The number of amides is 1. The van der Waals surface area contributed by atoms with Crippen molar-refractivity contribution >= 4 is 11.6 Å². The number of carbonyl (C=O) groups excluding carboxylic acids is 1. The number of methoxy groups -OCH3 is 1. The van der Waals surface area contributed by atoms with Crippen molar-refractivity contribution in [2.75, 3.05) is 19.5 Å². The molecule has 16 heavy (non-hydrogen) atoms. The number of nitrogens with two attached hydrogens (primary N) is 1. The molecular weight excluding hydrogens is 204 g/mol. The maximum atomic E-state index is 11.9. The van der Waals surface area contributed by atoms with E-state index in [1.54, 1.807) is 19.2 Å². The van der Waals surface area contributed by atoms with Gasteiger partial charge in [0.15, 0.2) is 0 Å². The van der Waals surface area contributed by atoms with Crippen LogP contribution in [0, 0.1) is 6.92 Å². The molecule has 0 aliphatic heterocycles. The van der Waals surface area contributed by atoms with Gasteiger partial charge in [0.2, 0.25) is 0 Å². The van der Waals surface area contributed by atoms with Crippen molar-refractivity contribution in [2.45, 2.75) is 19.9 Å². The minimum absolute atomic E-state index is 0.0302. The molecule has 4 heteroatoms. The highest BCUT2D eigenvalue weighted by Crippen LogP contribution is 2.13. The van der Waals surface area contributed by atoms with Crippen molar-refractivity contribution in [3.8, 4) is 0 Å². The topological polar surface area (TPSA) is 64.3 Å². The second-order valence-corrected chi connectivity index (χ2v) is 3.92. The first-order chi connectivity index (χ1) is 7.54. The number of aryl methyl sites for hydroxylation is 1. The summed E-state index contributed by atoms with van der Waals surface area (Å²) < 4.78 is 4.95. The van der Waals surface area contributed by atoms with Crippen LogP contribution in [0.5, 0.6) is 0 Å². The summed E-state index contributed by atoms with van der Waals surface area (Å²) in [4.78, 5) is 11.9. The highest BCUT2D eigenvalue weighted by atomic mass is 16.5. The Kier molecular flexibility index (Phi) is 4.31. The van der Waals surface area contributed by atoms with Crippen molar-refractivity contribution in [3.63, 3.8) is 0 Å². The summed E-state index contributed by atoms with van der Waals surface area (Å²) in [5.41, 5.74) is 7.77. The number of anilines is 1. The molecule has 88 valence electrons. The lowest BCUT2D eigenvalue weighted by Crippen LogP contribution is -2.36. The van der Waals surface area contributed by atoms with Crippen LogP contribution in [0.15, 0.2) is 18.2 Å². The maximum Gasteiger partial charge on any atom is 0.253 e. The van der Waals surface area contributed by atoms with E-state index in [0.717, 1.165) is 5.56 Å². The maximum absolute atomic E-state index is 11.9. The monoisotopic (exact) mass is 222 g/mol. The van der Waals surface area contributed by atoms with Crippen LogP contribution in [-0.2, 0) is 4.74 Å². The normalized spacial score (nSPS) is 12.2. The van der Waals surface area contributed by atoms with Gasteiger partial charge in [0.1, 0.15) is 0 Å². The minimum Gasteiger partial charge on any atom is -0.398 e. The van der Waals surface area contributed by atoms with E-state index >= 15 is 0 Å². The van der Waals surface area contributed by atoms with Gasteiger partial charge in [-0.3, -0.25) is 4.79 Å². The lowest BCUT2D eigenvalue weighted by atomic mass is 10.1. The van der Waals surface area contributed by atoms with Crippen LogP contribution in [0.4, 0.5) is 5.69 Å². The average Bonchev–Trinajstić information content (AvgIpc) is 2.21. The Bertz CT molecular complexity index is 377. The molecule has 0 aromatic heterocycles. The first kappa shape index (κ1) is 12.5. The number of hydrogen-bond donors (Lipinski definition) is 2. The van der Waals surface area contributed by atoms with Crippen LogP contribution in [0.25, 0.3) is 0 Å². The molecule has 1 aromatic carbocycles. The lowest BCUT2D eigenvalue weighted by molar-refractivity contribution is 0.0906. The zero-order chi connectivity index (χ0) is 12.1. The van der Waals surface area contributed by atoms with E-state index in [4.69, 9.17) is 10.5 Å². The van der Waals surface area contributed by atoms with E-state index in [9.17, 15) is 4.79 Å². The van der Waals surface area contributed by atoms with Crippen molar-refractivity contribution in [1.82, 2.24) is 5.32 Å². The molecule has 1 aromatic rings. The summed E-state index contributed by atoms with van der Waals surface area (Å²) in [5, 5.41) is 2.82. The Morgan fingerprint density at radius 2 is 2.25 bits per heavy atom. The number of ether oxygens (including phenoxy) is 1. The van der Waals surface area contributed by atoms with Gasteiger partial charge in [0.05, 0.1) is 12.2 Å². The molecule has 0 radical (unpaired) electrons. The van der Waals surface area contributed by atoms with E-state index in [2.05, 4.69) is 5.32 Å². The molecule has 1 rings (SSSR count). The number of hydrogen-bond acceptors (Lipinski definition) is 3. The van der Waals surface area contributed by atoms with E-state index in [1.165, 1.54) is 0 Å². The summed E-state index contributed by atoms with van der Waals surface area (Å²) in [6.45, 7) is 4.29. The van der Waals surface area contributed by atoms with E-state index in [1.807, 2.05) is 19.9 Å². The van der Waals surface area contributed by atoms with Gasteiger partial charge in [0, 0.05) is 18.8 Å². The SMILES string of the molecule is COCC(C)NC(=O)c1cc(C)ccc1N. The van der Waals surface area contributed by atoms with Gasteiger partial charge in [-0.15, -0.1) is 0 Å². The number of rotatable bonds is 4. The third-order valence-electron chi connectivity index (χ3n) is 2.25. The van der Waals surface area contributed by atoms with Gasteiger partial charge in [-0.1, -0.05) is 11.6 Å². The molecule has 1 atom stereocenters. The Labute approximate surface area is 95.8 Å². The highest BCUT2D eigenvalue weighted by Gasteiger charge is 2.12. The van der Waals surface area contributed by atoms with Crippen LogP contribution >= 0.6 is 0 Å². The Morgan fingerprint density at radius 1 is 1.56 bits per heavy atom. The van der Waals surface area contributed by atoms with Gasteiger partial charge in [-0.2, -0.15) is 0 Å². The largest absolute Gasteiger partial charge is 0.398 e. The Balaban J connectivity index is 2.76. The second-order valence-electron chi connectivity index (χ2n) is 3.92. The summed E-state index contributed by atoms with van der Waals surface area (Å²) in [7, 11) is 1.60. The van der Waals surface area contributed by atoms with E-state index in [0.29, 0.717) is 17.9 Å². The minimum atomic E-state index is -0.161. The van der Waals surface area contributed by atoms with Crippen molar-refractivity contribution in [1.29, 1.82) is 0 Å². The van der Waals surface area contributed by atoms with Crippen LogP contribution in [-0.4, -0.2) is 25.7 Å². The summed E-state index contributed by atoms with van der Waals surface area (Å²) in [6.07, 6.45) is 0. The Morgan fingerprint density at radius 3 is 2.88 bits per heavy atom. The first-order valence-corrected chi connectivity index (χ1v) is 5.20. The molecule has 1 amide bonds. The van der Waals surface area contributed by atoms with Crippen LogP contribution in [0.1, 0.15) is 22.8 Å². The van der Waals surface area contributed by atoms with Gasteiger partial charge in [0.25, 0.3) is 5.91 Å². The van der Waals surface area contributed by atoms with Gasteiger partial charge >= 0.3 is 0 Å². The average molecular weight is 222 g/mol. The van der Waals surface area contributed by atoms with Crippen LogP contribution in [0.2, 0.25) is 0 Å².